The van der Waals surface area contributed by atoms with Crippen LogP contribution in [0.5, 0.6) is 17.2 Å². The lowest BCUT2D eigenvalue weighted by molar-refractivity contribution is -0.115. The van der Waals surface area contributed by atoms with Gasteiger partial charge in [-0.1, -0.05) is 29.8 Å². The number of carbonyl (C=O) groups excluding carboxylic acids is 2. The third-order valence-electron chi connectivity index (χ3n) is 5.47. The maximum absolute atomic E-state index is 13.1. The minimum atomic E-state index is -0.625. The van der Waals surface area contributed by atoms with E-state index in [1.165, 1.54) is 13.2 Å². The van der Waals surface area contributed by atoms with Crippen molar-refractivity contribution >= 4 is 39.9 Å². The van der Waals surface area contributed by atoms with Crippen molar-refractivity contribution in [3.05, 3.63) is 81.7 Å². The number of nitrogens with one attached hydrogen (secondary N) is 2. The first-order valence-electron chi connectivity index (χ1n) is 10.8. The summed E-state index contributed by atoms with van der Waals surface area (Å²) in [7, 11) is 1.48. The number of amides is 2. The van der Waals surface area contributed by atoms with E-state index in [1.54, 1.807) is 54.6 Å². The van der Waals surface area contributed by atoms with Crippen molar-refractivity contribution in [2.75, 3.05) is 25.8 Å². The zero-order valence-electron chi connectivity index (χ0n) is 18.9. The molecule has 2 amide bonds. The van der Waals surface area contributed by atoms with Gasteiger partial charge in [-0.05, 0) is 36.4 Å². The Kier molecular flexibility index (Phi) is 6.17. The third kappa shape index (κ3) is 4.41. The average Bonchev–Trinajstić information content (AvgIpc) is 3.35. The van der Waals surface area contributed by atoms with Gasteiger partial charge in [-0.2, -0.15) is 9.78 Å². The highest BCUT2D eigenvalue weighted by Gasteiger charge is 2.19. The van der Waals surface area contributed by atoms with E-state index >= 15 is 0 Å². The molecule has 1 aromatic heterocycles. The van der Waals surface area contributed by atoms with Crippen LogP contribution in [0.2, 0.25) is 5.02 Å². The van der Waals surface area contributed by atoms with Crippen LogP contribution in [-0.4, -0.2) is 42.0 Å². The predicted octanol–water partition coefficient (Wildman–Crippen LogP) is 3.14. The number of hydrogen-bond donors (Lipinski definition) is 2. The standard InChI is InChI=1S/C25H19ClN4O6/c1-34-19-9-7-15(11-18(19)26)30-25(33)17-5-3-2-4-16(17)23(29-30)24(32)27-12-22(31)28-14-6-8-20-21(10-14)36-13-35-20/h2-11H,12-13H2,1H3,(H,27,32)(H,28,31). The van der Waals surface area contributed by atoms with Crippen LogP contribution >= 0.6 is 11.6 Å². The minimum Gasteiger partial charge on any atom is -0.495 e. The molecule has 36 heavy (non-hydrogen) atoms. The molecule has 0 aliphatic carbocycles. The lowest BCUT2D eigenvalue weighted by Gasteiger charge is -2.12. The summed E-state index contributed by atoms with van der Waals surface area (Å²) in [6.45, 7) is -0.203. The van der Waals surface area contributed by atoms with Gasteiger partial charge in [0.1, 0.15) is 5.75 Å². The normalized spacial score (nSPS) is 11.8. The average molecular weight is 507 g/mol. The summed E-state index contributed by atoms with van der Waals surface area (Å²) in [5.74, 6) is 0.462. The van der Waals surface area contributed by atoms with Crippen LogP contribution in [0.15, 0.2) is 65.5 Å². The van der Waals surface area contributed by atoms with Crippen LogP contribution in [0.3, 0.4) is 0 Å². The number of rotatable bonds is 6. The van der Waals surface area contributed by atoms with Crippen molar-refractivity contribution in [2.45, 2.75) is 0 Å². The zero-order valence-corrected chi connectivity index (χ0v) is 19.7. The first-order valence-corrected chi connectivity index (χ1v) is 11.2. The molecule has 0 bridgehead atoms. The quantitative estimate of drug-likeness (QED) is 0.412. The fourth-order valence-corrected chi connectivity index (χ4v) is 3.99. The number of carbonyl (C=O) groups is 2. The van der Waals surface area contributed by atoms with Crippen LogP contribution < -0.4 is 30.4 Å². The molecule has 11 heteroatoms. The molecule has 1 aliphatic heterocycles. The number of anilines is 1. The molecule has 182 valence electrons. The molecule has 0 atom stereocenters. The Hall–Kier alpha value is -4.57. The highest BCUT2D eigenvalue weighted by molar-refractivity contribution is 6.32. The number of fused-ring (bicyclic) bond motifs is 2. The molecule has 2 N–H and O–H groups in total. The van der Waals surface area contributed by atoms with E-state index in [0.29, 0.717) is 34.0 Å². The fourth-order valence-electron chi connectivity index (χ4n) is 3.74. The van der Waals surface area contributed by atoms with Gasteiger partial charge in [-0.15, -0.1) is 0 Å². The molecule has 4 aromatic rings. The van der Waals surface area contributed by atoms with Crippen molar-refractivity contribution in [1.82, 2.24) is 15.1 Å². The van der Waals surface area contributed by atoms with Gasteiger partial charge in [0, 0.05) is 17.1 Å². The monoisotopic (exact) mass is 506 g/mol. The van der Waals surface area contributed by atoms with Crippen molar-refractivity contribution < 1.29 is 23.8 Å². The maximum Gasteiger partial charge on any atom is 0.279 e. The van der Waals surface area contributed by atoms with E-state index < -0.39 is 17.4 Å². The summed E-state index contributed by atoms with van der Waals surface area (Å²) in [5.41, 5.74) is 0.398. The van der Waals surface area contributed by atoms with E-state index in [0.717, 1.165) is 4.68 Å². The van der Waals surface area contributed by atoms with E-state index in [1.807, 2.05) is 0 Å². The Morgan fingerprint density at radius 3 is 2.61 bits per heavy atom. The van der Waals surface area contributed by atoms with Gasteiger partial charge < -0.3 is 24.8 Å². The second kappa shape index (κ2) is 9.59. The first-order chi connectivity index (χ1) is 17.4. The summed E-state index contributed by atoms with van der Waals surface area (Å²) in [5, 5.41) is 10.5. The van der Waals surface area contributed by atoms with E-state index in [9.17, 15) is 14.4 Å². The van der Waals surface area contributed by atoms with Crippen molar-refractivity contribution in [1.29, 1.82) is 0 Å². The lowest BCUT2D eigenvalue weighted by atomic mass is 10.1. The molecule has 0 fully saturated rings. The van der Waals surface area contributed by atoms with Gasteiger partial charge in [0.15, 0.2) is 17.2 Å². The molecule has 3 aromatic carbocycles. The van der Waals surface area contributed by atoms with E-state index in [-0.39, 0.29) is 29.4 Å². The molecular formula is C25H19ClN4O6. The summed E-state index contributed by atoms with van der Waals surface area (Å²) in [6.07, 6.45) is 0. The number of ether oxygens (including phenoxy) is 3. The largest absolute Gasteiger partial charge is 0.495 e. The highest BCUT2D eigenvalue weighted by atomic mass is 35.5. The number of aromatic nitrogens is 2. The van der Waals surface area contributed by atoms with E-state index in [2.05, 4.69) is 15.7 Å². The van der Waals surface area contributed by atoms with Gasteiger partial charge in [-0.25, -0.2) is 0 Å². The van der Waals surface area contributed by atoms with Crippen LogP contribution in [0, 0.1) is 0 Å². The molecule has 5 rings (SSSR count). The topological polar surface area (TPSA) is 121 Å². The maximum atomic E-state index is 13.1. The highest BCUT2D eigenvalue weighted by Crippen LogP contribution is 2.34. The smallest absolute Gasteiger partial charge is 0.279 e. The van der Waals surface area contributed by atoms with Gasteiger partial charge in [0.25, 0.3) is 11.5 Å². The van der Waals surface area contributed by atoms with Gasteiger partial charge in [0.2, 0.25) is 12.7 Å². The number of benzene rings is 3. The molecule has 2 heterocycles. The van der Waals surface area contributed by atoms with Crippen LogP contribution in [-0.2, 0) is 4.79 Å². The SMILES string of the molecule is COc1ccc(-n2nc(C(=O)NCC(=O)Nc3ccc4c(c3)OCO4)c3ccccc3c2=O)cc1Cl. The molecule has 0 saturated heterocycles. The Balaban J connectivity index is 1.40. The summed E-state index contributed by atoms with van der Waals surface area (Å²) < 4.78 is 16.8. The van der Waals surface area contributed by atoms with Crippen molar-refractivity contribution in [3.63, 3.8) is 0 Å². The molecule has 0 saturated carbocycles. The number of halogens is 1. The molecule has 10 nitrogen and oxygen atoms in total. The summed E-state index contributed by atoms with van der Waals surface area (Å²) in [4.78, 5) is 38.7. The second-order valence-electron chi connectivity index (χ2n) is 7.73. The second-order valence-corrected chi connectivity index (χ2v) is 8.14. The lowest BCUT2D eigenvalue weighted by Crippen LogP contribution is -2.35. The Labute approximate surface area is 209 Å². The summed E-state index contributed by atoms with van der Waals surface area (Å²) >= 11 is 6.23. The summed E-state index contributed by atoms with van der Waals surface area (Å²) in [6, 6.07) is 16.3. The Bertz CT molecular complexity index is 1570. The van der Waals surface area contributed by atoms with Crippen LogP contribution in [0.1, 0.15) is 10.5 Å². The first kappa shape index (κ1) is 23.2. The van der Waals surface area contributed by atoms with Gasteiger partial charge in [0.05, 0.1) is 29.8 Å². The fraction of sp³-hybridized carbons (Fsp3) is 0.120. The van der Waals surface area contributed by atoms with Gasteiger partial charge in [-0.3, -0.25) is 14.4 Å². The van der Waals surface area contributed by atoms with Crippen molar-refractivity contribution in [2.24, 2.45) is 0 Å². The Morgan fingerprint density at radius 1 is 1.06 bits per heavy atom. The Morgan fingerprint density at radius 2 is 1.83 bits per heavy atom. The number of hydrogen-bond acceptors (Lipinski definition) is 7. The third-order valence-corrected chi connectivity index (χ3v) is 5.76. The number of nitrogens with zero attached hydrogens (tertiary/aromatic N) is 2. The van der Waals surface area contributed by atoms with Gasteiger partial charge >= 0.3 is 0 Å². The molecular weight excluding hydrogens is 488 g/mol. The van der Waals surface area contributed by atoms with Crippen LogP contribution in [0.4, 0.5) is 5.69 Å². The molecule has 1 aliphatic rings. The molecule has 0 unspecified atom stereocenters. The predicted molar refractivity (Wildman–Crippen MR) is 132 cm³/mol. The van der Waals surface area contributed by atoms with Crippen molar-refractivity contribution in [3.8, 4) is 22.9 Å². The molecule has 0 radical (unpaired) electrons. The van der Waals surface area contributed by atoms with E-state index in [4.69, 9.17) is 25.8 Å². The van der Waals surface area contributed by atoms with Crippen LogP contribution in [0.25, 0.3) is 16.5 Å². The zero-order chi connectivity index (χ0) is 25.2. The number of methoxy groups -OCH3 is 1. The minimum absolute atomic E-state index is 0.0204. The molecule has 0 spiro atoms.